The van der Waals surface area contributed by atoms with Crippen LogP contribution in [0.1, 0.15) is 22.6 Å². The zero-order valence-corrected chi connectivity index (χ0v) is 24.4. The molecule has 5 rings (SSSR count). The van der Waals surface area contributed by atoms with E-state index in [1.54, 1.807) is 36.3 Å². The highest BCUT2D eigenvalue weighted by Gasteiger charge is 2.51. The fraction of sp³-hybridized carbons (Fsp3) is 0.364. The summed E-state index contributed by atoms with van der Waals surface area (Å²) in [7, 11) is 5.54. The van der Waals surface area contributed by atoms with Crippen LogP contribution in [0.2, 0.25) is 0 Å². The standard InChI is InChI=1S/C33H36F2N4O4/c1-37(2)17-27-31(22-10-7-21(8-11-22)9-12-23-5-4-6-26(34)32(23)35)28-18-38(19-29(40)30(41)20-39(27)28)33(42)36-24-13-15-25(43-3)16-14-24/h4-8,10-11,13-16,27-31,40-41H,17-20H2,1-3H3,(H,36,42)/t27-,28+,29-,30+,31?/m1/s1. The average molecular weight is 591 g/mol. The predicted molar refractivity (Wildman–Crippen MR) is 160 cm³/mol. The number of fused-ring (bicyclic) bond motifs is 1. The van der Waals surface area contributed by atoms with Gasteiger partial charge >= 0.3 is 6.03 Å². The first-order chi connectivity index (χ1) is 20.6. The van der Waals surface area contributed by atoms with Crippen LogP contribution >= 0.6 is 0 Å². The Bertz CT molecular complexity index is 1490. The molecule has 2 aliphatic heterocycles. The van der Waals surface area contributed by atoms with Gasteiger partial charge in [0.2, 0.25) is 0 Å². The average Bonchev–Trinajstić information content (AvgIpc) is 2.99. The van der Waals surface area contributed by atoms with Crippen molar-refractivity contribution in [2.24, 2.45) is 0 Å². The third kappa shape index (κ3) is 6.81. The van der Waals surface area contributed by atoms with Crippen molar-refractivity contribution in [1.82, 2.24) is 14.7 Å². The van der Waals surface area contributed by atoms with Crippen LogP contribution in [0, 0.1) is 23.5 Å². The Labute approximate surface area is 250 Å². The van der Waals surface area contributed by atoms with Crippen LogP contribution < -0.4 is 10.1 Å². The number of nitrogens with zero attached hydrogens (tertiary/aromatic N) is 3. The molecule has 3 N–H and O–H groups in total. The number of hydrogen-bond donors (Lipinski definition) is 3. The van der Waals surface area contributed by atoms with E-state index < -0.39 is 23.8 Å². The molecule has 0 bridgehead atoms. The van der Waals surface area contributed by atoms with Crippen molar-refractivity contribution < 1.29 is 28.5 Å². The highest BCUT2D eigenvalue weighted by atomic mass is 19.2. The molecule has 5 atom stereocenters. The van der Waals surface area contributed by atoms with Crippen molar-refractivity contribution in [2.75, 3.05) is 52.7 Å². The fourth-order valence-corrected chi connectivity index (χ4v) is 5.90. The molecule has 10 heteroatoms. The monoisotopic (exact) mass is 590 g/mol. The predicted octanol–water partition coefficient (Wildman–Crippen LogP) is 3.34. The molecule has 1 unspecified atom stereocenters. The third-order valence-corrected chi connectivity index (χ3v) is 8.11. The molecule has 43 heavy (non-hydrogen) atoms. The molecule has 2 aliphatic rings. The third-order valence-electron chi connectivity index (χ3n) is 8.11. The molecule has 2 fully saturated rings. The number of ether oxygens (including phenoxy) is 1. The van der Waals surface area contributed by atoms with Crippen LogP contribution in [0.4, 0.5) is 19.3 Å². The molecule has 2 heterocycles. The van der Waals surface area contributed by atoms with Crippen LogP contribution in [-0.2, 0) is 0 Å². The fourth-order valence-electron chi connectivity index (χ4n) is 5.90. The SMILES string of the molecule is COc1ccc(NC(=O)N2C[C@@H](O)[C@@H](O)CN3[C@H](CN(C)C)C(c4ccc(C#Cc5cccc(F)c5F)cc4)[C@@H]3C2)cc1. The van der Waals surface area contributed by atoms with Gasteiger partial charge in [0.1, 0.15) is 5.75 Å². The number of halogens is 2. The summed E-state index contributed by atoms with van der Waals surface area (Å²) in [6.45, 7) is 1.34. The maximum Gasteiger partial charge on any atom is 0.321 e. The van der Waals surface area contributed by atoms with Crippen LogP contribution in [0.25, 0.3) is 0 Å². The van der Waals surface area contributed by atoms with E-state index in [0.717, 1.165) is 11.6 Å². The minimum atomic E-state index is -1.09. The Balaban J connectivity index is 1.39. The maximum absolute atomic E-state index is 14.0. The second kappa shape index (κ2) is 13.1. The summed E-state index contributed by atoms with van der Waals surface area (Å²) < 4.78 is 32.8. The highest BCUT2D eigenvalue weighted by molar-refractivity contribution is 5.89. The van der Waals surface area contributed by atoms with E-state index in [4.69, 9.17) is 4.74 Å². The lowest BCUT2D eigenvalue weighted by atomic mass is 9.73. The molecule has 0 aromatic heterocycles. The Morgan fingerprint density at radius 1 is 0.977 bits per heavy atom. The van der Waals surface area contributed by atoms with Gasteiger partial charge in [0.25, 0.3) is 0 Å². The lowest BCUT2D eigenvalue weighted by molar-refractivity contribution is -0.105. The van der Waals surface area contributed by atoms with E-state index in [9.17, 15) is 23.8 Å². The number of aliphatic hydroxyl groups is 2. The quantitative estimate of drug-likeness (QED) is 0.396. The lowest BCUT2D eigenvalue weighted by Gasteiger charge is -2.59. The zero-order chi connectivity index (χ0) is 30.7. The summed E-state index contributed by atoms with van der Waals surface area (Å²) in [5.74, 6) is 4.41. The smallest absolute Gasteiger partial charge is 0.321 e. The van der Waals surface area contributed by atoms with Gasteiger partial charge in [-0.05, 0) is 68.2 Å². The molecular formula is C33H36F2N4O4. The Morgan fingerprint density at radius 3 is 2.35 bits per heavy atom. The molecular weight excluding hydrogens is 554 g/mol. The normalized spacial score (nSPS) is 23.7. The molecule has 0 saturated carbocycles. The summed E-state index contributed by atoms with van der Waals surface area (Å²) >= 11 is 0. The van der Waals surface area contributed by atoms with Crippen LogP contribution in [0.5, 0.6) is 5.75 Å². The van der Waals surface area contributed by atoms with Gasteiger partial charge in [-0.25, -0.2) is 13.6 Å². The van der Waals surface area contributed by atoms with Gasteiger partial charge in [0, 0.05) is 48.9 Å². The topological polar surface area (TPSA) is 88.5 Å². The first-order valence-corrected chi connectivity index (χ1v) is 14.2. The van der Waals surface area contributed by atoms with Crippen LogP contribution in [-0.4, -0.2) is 103 Å². The largest absolute Gasteiger partial charge is 0.497 e. The number of carbonyl (C=O) groups is 1. The zero-order valence-electron chi connectivity index (χ0n) is 24.4. The van der Waals surface area contributed by atoms with Crippen molar-refractivity contribution in [2.45, 2.75) is 30.2 Å². The minimum absolute atomic E-state index is 0.00645. The summed E-state index contributed by atoms with van der Waals surface area (Å²) in [5, 5.41) is 24.5. The molecule has 226 valence electrons. The van der Waals surface area contributed by atoms with E-state index >= 15 is 0 Å². The van der Waals surface area contributed by atoms with Gasteiger partial charge in [-0.1, -0.05) is 30.0 Å². The molecule has 3 aromatic carbocycles. The number of amides is 2. The van der Waals surface area contributed by atoms with Crippen molar-refractivity contribution in [3.63, 3.8) is 0 Å². The van der Waals surface area contributed by atoms with E-state index in [1.165, 1.54) is 12.1 Å². The van der Waals surface area contributed by atoms with E-state index in [1.807, 2.05) is 38.4 Å². The van der Waals surface area contributed by atoms with E-state index in [0.29, 0.717) is 30.1 Å². The number of rotatable bonds is 5. The second-order valence-corrected chi connectivity index (χ2v) is 11.3. The summed E-state index contributed by atoms with van der Waals surface area (Å²) in [6, 6.07) is 18.1. The van der Waals surface area contributed by atoms with Crippen LogP contribution in [0.15, 0.2) is 66.7 Å². The van der Waals surface area contributed by atoms with Gasteiger partial charge in [0.05, 0.1) is 31.4 Å². The number of benzene rings is 3. The van der Waals surface area contributed by atoms with Gasteiger partial charge in [0.15, 0.2) is 11.6 Å². The number of aliphatic hydroxyl groups excluding tert-OH is 2. The number of nitrogens with one attached hydrogen (secondary N) is 1. The number of hydrogen-bond acceptors (Lipinski definition) is 6. The molecule has 8 nitrogen and oxygen atoms in total. The lowest BCUT2D eigenvalue weighted by Crippen LogP contribution is -2.71. The number of likely N-dealkylation sites (N-methyl/N-ethyl adjacent to an activating group) is 1. The highest BCUT2D eigenvalue weighted by Crippen LogP contribution is 2.42. The van der Waals surface area contributed by atoms with Crippen molar-refractivity contribution >= 4 is 11.7 Å². The molecule has 0 aliphatic carbocycles. The molecule has 0 radical (unpaired) electrons. The first-order valence-electron chi connectivity index (χ1n) is 14.2. The van der Waals surface area contributed by atoms with E-state index in [2.05, 4.69) is 27.0 Å². The van der Waals surface area contributed by atoms with Gasteiger partial charge in [-0.2, -0.15) is 0 Å². The summed E-state index contributed by atoms with van der Waals surface area (Å²) in [4.78, 5) is 19.2. The Kier molecular flexibility index (Phi) is 9.28. The summed E-state index contributed by atoms with van der Waals surface area (Å²) in [5.41, 5.74) is 2.28. The molecule has 2 amide bonds. The first kappa shape index (κ1) is 30.4. The number of β-amino-alcohol motifs (C(OH)–C–C–N with tert-alkyl or cyclic N) is 1. The van der Waals surface area contributed by atoms with Gasteiger partial charge in [-0.3, -0.25) is 4.90 Å². The van der Waals surface area contributed by atoms with Crippen LogP contribution in [0.3, 0.4) is 0 Å². The number of methoxy groups -OCH3 is 1. The van der Waals surface area contributed by atoms with Crippen molar-refractivity contribution in [3.05, 3.63) is 95.1 Å². The van der Waals surface area contributed by atoms with Gasteiger partial charge in [-0.15, -0.1) is 0 Å². The number of carbonyl (C=O) groups excluding carboxylic acids is 1. The molecule has 3 aromatic rings. The van der Waals surface area contributed by atoms with Crippen molar-refractivity contribution in [3.8, 4) is 17.6 Å². The number of urea groups is 1. The molecule has 0 spiro atoms. The van der Waals surface area contributed by atoms with Crippen molar-refractivity contribution in [1.29, 1.82) is 0 Å². The summed E-state index contributed by atoms with van der Waals surface area (Å²) in [6.07, 6.45) is -2.12. The maximum atomic E-state index is 14.0. The second-order valence-electron chi connectivity index (χ2n) is 11.3. The Morgan fingerprint density at radius 2 is 1.67 bits per heavy atom. The van der Waals surface area contributed by atoms with E-state index in [-0.39, 0.29) is 42.7 Å². The van der Waals surface area contributed by atoms with Gasteiger partial charge < -0.3 is 30.1 Å². The minimum Gasteiger partial charge on any atom is -0.497 e. The Hall–Kier alpha value is -4.01. The molecule has 2 saturated heterocycles. The number of anilines is 1.